The van der Waals surface area contributed by atoms with Crippen LogP contribution in [-0.2, 0) is 55.7 Å². The van der Waals surface area contributed by atoms with Gasteiger partial charge in [0.15, 0.2) is 18.7 Å². The van der Waals surface area contributed by atoms with Crippen molar-refractivity contribution >= 4 is 54.0 Å². The Balaban J connectivity index is 1.35. The van der Waals surface area contributed by atoms with Gasteiger partial charge in [0.05, 0.1) is 30.2 Å². The number of aromatic nitrogens is 2. The second kappa shape index (κ2) is 24.7. The molecule has 1 aromatic carbocycles. The van der Waals surface area contributed by atoms with Crippen LogP contribution in [0.5, 0.6) is 0 Å². The highest BCUT2D eigenvalue weighted by Gasteiger charge is 2.56. The third kappa shape index (κ3) is 14.2. The lowest BCUT2D eigenvalue weighted by molar-refractivity contribution is -0.287. The number of Topliss-reactive ketones (excluding diaryl/α,β-unsaturated/α-hetero) is 1. The number of ketones is 1. The molecule has 2 aliphatic heterocycles. The lowest BCUT2D eigenvalue weighted by atomic mass is 9.65. The Kier molecular flexibility index (Phi) is 19.7. The summed E-state index contributed by atoms with van der Waals surface area (Å²) in [6, 6.07) is 12.2. The molecule has 0 spiro atoms. The maximum atomic E-state index is 17.1. The number of nitrogens with one attached hydrogen (secondary N) is 1. The fourth-order valence-corrected chi connectivity index (χ4v) is 12.5. The number of ether oxygens (including phenoxy) is 3. The van der Waals surface area contributed by atoms with Gasteiger partial charge in [0.25, 0.3) is 5.67 Å². The number of cyclic esters (lactones) is 1. The largest absolute Gasteiger partial charge is 0.457 e. The number of aliphatic imine (C=N–C) groups is 1. The monoisotopic (exact) mass is 1070 g/mol. The summed E-state index contributed by atoms with van der Waals surface area (Å²) in [4.78, 5) is 74.2. The van der Waals surface area contributed by atoms with Gasteiger partial charge < -0.3 is 39.1 Å². The molecule has 74 heavy (non-hydrogen) atoms. The molecule has 408 valence electrons. The molecule has 3 aromatic rings. The normalized spacial score (nSPS) is 34.5. The molecule has 4 heterocycles. The number of pyridine rings is 1. The summed E-state index contributed by atoms with van der Waals surface area (Å²) in [7, 11) is -0.546. The van der Waals surface area contributed by atoms with Crippen molar-refractivity contribution in [3.63, 3.8) is 0 Å². The molecule has 3 aliphatic rings. The van der Waals surface area contributed by atoms with E-state index in [4.69, 9.17) is 28.6 Å². The smallest absolute Gasteiger partial charge is 0.431 e. The number of likely N-dealkylation sites (N-methyl/N-ethyl adjacent to an activating group) is 1. The number of thiazole rings is 1. The van der Waals surface area contributed by atoms with E-state index in [1.165, 1.54) is 25.2 Å². The summed E-state index contributed by atoms with van der Waals surface area (Å²) in [5.74, 6) is -5.85. The molecule has 4 N–H and O–H groups in total. The van der Waals surface area contributed by atoms with Crippen molar-refractivity contribution in [3.8, 4) is 10.6 Å². The lowest BCUT2D eigenvalue weighted by Crippen LogP contribution is -2.59. The van der Waals surface area contributed by atoms with Crippen molar-refractivity contribution in [2.24, 2.45) is 39.2 Å². The van der Waals surface area contributed by atoms with E-state index in [1.807, 2.05) is 64.9 Å². The zero-order valence-electron chi connectivity index (χ0n) is 44.5. The molecule has 0 radical (unpaired) electrons. The number of nitrogens with zero attached hydrogens (tertiary/aromatic N) is 5. The predicted octanol–water partition coefficient (Wildman–Crippen LogP) is 8.87. The van der Waals surface area contributed by atoms with Gasteiger partial charge in [-0.15, -0.1) is 11.3 Å². The van der Waals surface area contributed by atoms with Gasteiger partial charge in [-0.25, -0.2) is 23.7 Å². The number of aliphatic hydroxyl groups is 2. The molecule has 2 bridgehead atoms. The Morgan fingerprint density at radius 2 is 1.76 bits per heavy atom. The number of carbonyl (C=O) groups is 3. The highest BCUT2D eigenvalue weighted by atomic mass is 32.1. The number of rotatable bonds is 14. The van der Waals surface area contributed by atoms with Crippen LogP contribution in [0.25, 0.3) is 10.6 Å². The van der Waals surface area contributed by atoms with Gasteiger partial charge in [0, 0.05) is 47.2 Å². The Bertz CT molecular complexity index is 2510. The molecule has 21 heteroatoms. The third-order valence-corrected chi connectivity index (χ3v) is 17.0. The number of esters is 1. The summed E-state index contributed by atoms with van der Waals surface area (Å²) in [6.45, 7) is 14.8. The maximum Gasteiger partial charge on any atom is 0.431 e. The van der Waals surface area contributed by atoms with Crippen molar-refractivity contribution in [1.29, 1.82) is 0 Å². The second-order valence-electron chi connectivity index (χ2n) is 21.2. The van der Waals surface area contributed by atoms with Crippen LogP contribution in [0.4, 0.5) is 10.2 Å². The van der Waals surface area contributed by atoms with Crippen molar-refractivity contribution < 1.29 is 62.0 Å². The number of hydrogen-bond donors (Lipinski definition) is 4. The first-order valence-electron chi connectivity index (χ1n) is 25.6. The van der Waals surface area contributed by atoms with E-state index >= 15 is 4.39 Å². The van der Waals surface area contributed by atoms with E-state index in [0.29, 0.717) is 34.1 Å². The molecular weight excluding hydrogens is 995 g/mol. The number of oxime groups is 1. The SMILES string of the molecule is CCC(=O)N=C1[C@H](C)C[C@@]2(C)CC/C(=N/OCc3ccc(-c4nc(NP(=O)(O)OCc5ccccc5)cs4)cn3)CC[C@H]([C@H]1C)[C@](C)(O)[C@@H](CC)OC(=O)[C@@](C)(F)C(=O)[C@H](C)[C@H]2O[C@@H]1O[C@H](C)C[C@H](N(C)C)[C@H]1O. The van der Waals surface area contributed by atoms with E-state index < -0.39 is 84.5 Å². The van der Waals surface area contributed by atoms with Crippen LogP contribution in [-0.4, -0.2) is 121 Å². The van der Waals surface area contributed by atoms with E-state index in [1.54, 1.807) is 49.7 Å². The van der Waals surface area contributed by atoms with Gasteiger partial charge in [-0.05, 0) is 115 Å². The van der Waals surface area contributed by atoms with Crippen LogP contribution in [0.3, 0.4) is 0 Å². The van der Waals surface area contributed by atoms with Crippen molar-refractivity contribution in [2.45, 2.75) is 175 Å². The number of carbonyl (C=O) groups excluding carboxylic acids is 3. The number of alkyl halides is 1. The Morgan fingerprint density at radius 1 is 1.04 bits per heavy atom. The number of amides is 1. The van der Waals surface area contributed by atoms with Crippen molar-refractivity contribution in [2.75, 3.05) is 19.2 Å². The van der Waals surface area contributed by atoms with Gasteiger partial charge in [-0.2, -0.15) is 0 Å². The minimum absolute atomic E-state index is 0.0367. The molecule has 2 aromatic heterocycles. The fraction of sp³-hybridized carbons (Fsp3) is 0.642. The van der Waals surface area contributed by atoms with Gasteiger partial charge in [0.1, 0.15) is 28.6 Å². The van der Waals surface area contributed by atoms with Crippen LogP contribution >= 0.6 is 19.1 Å². The topological polar surface area (TPSA) is 241 Å². The number of hydrogen-bond acceptors (Lipinski definition) is 16. The average Bonchev–Trinajstić information content (AvgIpc) is 3.81. The minimum atomic E-state index is -4.23. The standard InChI is InChI=1S/C53H76FN6O12PS/c1-12-41-53(9,65)39-22-21-37(58-68-29-38-20-19-36(27-55-38)48-56-42(30-74-48)59-73(66,67)69-28-35-17-15-14-16-18-35)23-24-51(7,26-31(3)44(33(39)5)57-43(61)13-2)47(34(6)46(63)52(8,54)50(64)71-41)72-49-45(62)40(60(10)11)25-32(4)70-49/h14-20,27,30-34,39-41,45,47,49,62,65H,12-13,21-26,28-29H2,1-11H3,(H2,59,66,67)/b57-44?,58-37+/t31-,32-,33-,34+,39-,40+,41-,45-,47-,49+,51-,52+,53+/m1/s1. The summed E-state index contributed by atoms with van der Waals surface area (Å²) >= 11 is 1.25. The number of anilines is 1. The molecule has 3 fully saturated rings. The zero-order valence-corrected chi connectivity index (χ0v) is 46.2. The van der Waals surface area contributed by atoms with Gasteiger partial charge >= 0.3 is 13.7 Å². The number of aliphatic hydroxyl groups excluding tert-OH is 1. The molecule has 2 saturated heterocycles. The van der Waals surface area contributed by atoms with Gasteiger partial charge in [-0.3, -0.25) is 24.2 Å². The van der Waals surface area contributed by atoms with Crippen LogP contribution in [0, 0.1) is 29.1 Å². The van der Waals surface area contributed by atoms with Crippen molar-refractivity contribution in [3.05, 3.63) is 65.3 Å². The number of fused-ring (bicyclic) bond motifs is 5. The molecule has 1 unspecified atom stereocenters. The first kappa shape index (κ1) is 58.9. The fourth-order valence-electron chi connectivity index (χ4n) is 10.9. The molecule has 1 amide bonds. The van der Waals surface area contributed by atoms with Gasteiger partial charge in [0.2, 0.25) is 5.91 Å². The van der Waals surface area contributed by atoms with Gasteiger partial charge in [-0.1, -0.05) is 77.0 Å². The third-order valence-electron chi connectivity index (χ3n) is 15.1. The number of halogens is 1. The van der Waals surface area contributed by atoms with Crippen LogP contribution in [0.15, 0.2) is 64.2 Å². The molecular formula is C53H76FN6O12PS. The molecule has 18 nitrogen and oxygen atoms in total. The molecule has 1 aliphatic carbocycles. The maximum absolute atomic E-state index is 17.1. The number of benzene rings is 1. The summed E-state index contributed by atoms with van der Waals surface area (Å²) < 4.78 is 54.2. The zero-order chi connectivity index (χ0) is 54.3. The quantitative estimate of drug-likeness (QED) is 0.0510. The highest BCUT2D eigenvalue weighted by molar-refractivity contribution is 7.54. The Hall–Kier alpha value is -4.37. The highest BCUT2D eigenvalue weighted by Crippen LogP contribution is 2.48. The van der Waals surface area contributed by atoms with Crippen molar-refractivity contribution in [1.82, 2.24) is 14.9 Å². The van der Waals surface area contributed by atoms with Crippen LogP contribution in [0.2, 0.25) is 0 Å². The Morgan fingerprint density at radius 3 is 2.41 bits per heavy atom. The van der Waals surface area contributed by atoms with Crippen LogP contribution < -0.4 is 5.09 Å². The van der Waals surface area contributed by atoms with E-state index in [0.717, 1.165) is 12.5 Å². The lowest BCUT2D eigenvalue weighted by Gasteiger charge is -2.48. The minimum Gasteiger partial charge on any atom is -0.457 e. The first-order chi connectivity index (χ1) is 34.8. The van der Waals surface area contributed by atoms with E-state index in [2.05, 4.69) is 20.2 Å². The summed E-state index contributed by atoms with van der Waals surface area (Å²) in [5.41, 5.74) is -3.04. The summed E-state index contributed by atoms with van der Waals surface area (Å²) in [6.07, 6.45) is -1.64. The average molecular weight is 1070 g/mol. The van der Waals surface area contributed by atoms with Crippen LogP contribution in [0.1, 0.15) is 125 Å². The summed E-state index contributed by atoms with van der Waals surface area (Å²) in [5, 5.41) is 33.8. The molecule has 14 atom stereocenters. The first-order valence-corrected chi connectivity index (χ1v) is 28.1. The second-order valence-corrected chi connectivity index (χ2v) is 23.6. The Labute approximate surface area is 438 Å². The van der Waals surface area contributed by atoms with E-state index in [-0.39, 0.29) is 82.0 Å². The molecule has 1 saturated carbocycles. The van der Waals surface area contributed by atoms with E-state index in [9.17, 15) is 34.1 Å². The molecule has 6 rings (SSSR count). The predicted molar refractivity (Wildman–Crippen MR) is 280 cm³/mol.